The maximum atomic E-state index is 12.7. The minimum Gasteiger partial charge on any atom is -0.309 e. The lowest BCUT2D eigenvalue weighted by Gasteiger charge is -2.11. The molecule has 1 aromatic carbocycles. The normalized spacial score (nSPS) is 11.5. The highest BCUT2D eigenvalue weighted by molar-refractivity contribution is 7.99. The second kappa shape index (κ2) is 8.37. The summed E-state index contributed by atoms with van der Waals surface area (Å²) in [6, 6.07) is 6.46. The highest BCUT2D eigenvalue weighted by Crippen LogP contribution is 2.32. The average Bonchev–Trinajstić information content (AvgIpc) is 3.09. The lowest BCUT2D eigenvalue weighted by atomic mass is 10.1. The van der Waals surface area contributed by atoms with Crippen LogP contribution in [0, 0.1) is 13.8 Å². The van der Waals surface area contributed by atoms with E-state index in [-0.39, 0.29) is 16.6 Å². The predicted molar refractivity (Wildman–Crippen MR) is 102 cm³/mol. The first kappa shape index (κ1) is 21.1. The molecular weight excluding hydrogens is 429 g/mol. The minimum absolute atomic E-state index is 0.0929. The van der Waals surface area contributed by atoms with Gasteiger partial charge in [-0.25, -0.2) is 4.98 Å². The van der Waals surface area contributed by atoms with Crippen molar-refractivity contribution < 1.29 is 18.0 Å². The molecule has 0 unspecified atom stereocenters. The van der Waals surface area contributed by atoms with Gasteiger partial charge in [0.1, 0.15) is 0 Å². The third kappa shape index (κ3) is 4.85. The minimum atomic E-state index is -4.57. The Morgan fingerprint density at radius 3 is 2.59 bits per heavy atom. The summed E-state index contributed by atoms with van der Waals surface area (Å²) in [7, 11) is 0. The molecule has 12 heteroatoms. The van der Waals surface area contributed by atoms with Crippen LogP contribution in [0.25, 0.3) is 5.69 Å². The third-order valence-electron chi connectivity index (χ3n) is 3.85. The fourth-order valence-corrected chi connectivity index (χ4v) is 3.42. The highest BCUT2D eigenvalue weighted by Gasteiger charge is 2.31. The van der Waals surface area contributed by atoms with Gasteiger partial charge in [0.15, 0.2) is 5.82 Å². The van der Waals surface area contributed by atoms with E-state index in [1.54, 1.807) is 0 Å². The molecular formula is C17H14ClF3N6OS. The summed E-state index contributed by atoms with van der Waals surface area (Å²) in [6.45, 7) is 3.84. The summed E-state index contributed by atoms with van der Waals surface area (Å²) in [6.07, 6.45) is -3.96. The van der Waals surface area contributed by atoms with Crippen LogP contribution in [0.1, 0.15) is 16.7 Å². The Kier molecular flexibility index (Phi) is 6.08. The number of thioether (sulfide) groups is 1. The summed E-state index contributed by atoms with van der Waals surface area (Å²) in [4.78, 5) is 15.8. The van der Waals surface area contributed by atoms with Crippen molar-refractivity contribution >= 4 is 35.1 Å². The van der Waals surface area contributed by atoms with Gasteiger partial charge in [-0.05, 0) is 41.5 Å². The number of aromatic nitrogens is 5. The van der Waals surface area contributed by atoms with Gasteiger partial charge in [-0.15, -0.1) is 5.10 Å². The van der Waals surface area contributed by atoms with Crippen molar-refractivity contribution in [1.82, 2.24) is 25.2 Å². The number of halogens is 4. The molecule has 2 heterocycles. The molecule has 0 bridgehead atoms. The number of carbonyl (C=O) groups is 1. The molecule has 0 aliphatic carbocycles. The van der Waals surface area contributed by atoms with Crippen LogP contribution in [-0.4, -0.2) is 36.9 Å². The standard InChI is InChI=1S/C17H14ClF3N6OS/c1-9-4-3-5-10(2)14(9)27-16(24-25-26-27)29-8-13(28)23-15-12(18)6-11(7-22-15)17(19,20)21/h3-7H,8H2,1-2H3,(H,22,23,28). The summed E-state index contributed by atoms with van der Waals surface area (Å²) in [5.41, 5.74) is 1.74. The van der Waals surface area contributed by atoms with Gasteiger partial charge < -0.3 is 5.32 Å². The lowest BCUT2D eigenvalue weighted by Crippen LogP contribution is -2.16. The molecule has 0 spiro atoms. The molecule has 29 heavy (non-hydrogen) atoms. The maximum Gasteiger partial charge on any atom is 0.417 e. The fraction of sp³-hybridized carbons (Fsp3) is 0.235. The van der Waals surface area contributed by atoms with Crippen LogP contribution >= 0.6 is 23.4 Å². The van der Waals surface area contributed by atoms with Crippen molar-refractivity contribution in [2.75, 3.05) is 11.1 Å². The number of hydrogen-bond donors (Lipinski definition) is 1. The van der Waals surface area contributed by atoms with Gasteiger partial charge in [0.05, 0.1) is 22.0 Å². The van der Waals surface area contributed by atoms with E-state index in [4.69, 9.17) is 11.6 Å². The van der Waals surface area contributed by atoms with Gasteiger partial charge in [0.25, 0.3) is 0 Å². The molecule has 3 aromatic rings. The fourth-order valence-electron chi connectivity index (χ4n) is 2.53. The molecule has 0 fully saturated rings. The zero-order chi connectivity index (χ0) is 21.2. The highest BCUT2D eigenvalue weighted by atomic mass is 35.5. The monoisotopic (exact) mass is 442 g/mol. The number of rotatable bonds is 5. The number of aryl methyl sites for hydroxylation is 2. The zero-order valence-corrected chi connectivity index (χ0v) is 16.7. The first-order valence-corrected chi connectivity index (χ1v) is 9.53. The first-order chi connectivity index (χ1) is 13.7. The van der Waals surface area contributed by atoms with E-state index >= 15 is 0 Å². The van der Waals surface area contributed by atoms with E-state index in [1.807, 2.05) is 32.0 Å². The number of tetrazole rings is 1. The lowest BCUT2D eigenvalue weighted by molar-refractivity contribution is -0.137. The van der Waals surface area contributed by atoms with Gasteiger partial charge >= 0.3 is 6.18 Å². The summed E-state index contributed by atoms with van der Waals surface area (Å²) in [5.74, 6) is -0.760. The Morgan fingerprint density at radius 2 is 1.97 bits per heavy atom. The van der Waals surface area contributed by atoms with Crippen LogP contribution in [0.4, 0.5) is 19.0 Å². The number of anilines is 1. The van der Waals surface area contributed by atoms with Crippen molar-refractivity contribution in [1.29, 1.82) is 0 Å². The number of amides is 1. The number of para-hydroxylation sites is 1. The number of nitrogens with zero attached hydrogens (tertiary/aromatic N) is 5. The molecule has 0 saturated carbocycles. The number of alkyl halides is 3. The third-order valence-corrected chi connectivity index (χ3v) is 5.06. The molecule has 1 N–H and O–H groups in total. The second-order valence-electron chi connectivity index (χ2n) is 6.00. The maximum absolute atomic E-state index is 12.7. The number of nitrogens with one attached hydrogen (secondary N) is 1. The topological polar surface area (TPSA) is 85.6 Å². The molecule has 0 saturated heterocycles. The van der Waals surface area contributed by atoms with Crippen LogP contribution in [0.3, 0.4) is 0 Å². The molecule has 0 atom stereocenters. The Bertz CT molecular complexity index is 1040. The van der Waals surface area contributed by atoms with Crippen LogP contribution in [0.2, 0.25) is 5.02 Å². The molecule has 0 aliphatic rings. The van der Waals surface area contributed by atoms with E-state index in [2.05, 4.69) is 25.8 Å². The summed E-state index contributed by atoms with van der Waals surface area (Å²) in [5, 5.41) is 14.0. The van der Waals surface area contributed by atoms with Gasteiger partial charge in [-0.1, -0.05) is 41.6 Å². The number of benzene rings is 1. The predicted octanol–water partition coefficient (Wildman–Crippen LogP) is 4.08. The van der Waals surface area contributed by atoms with E-state index in [0.29, 0.717) is 17.4 Å². The van der Waals surface area contributed by atoms with Crippen LogP contribution < -0.4 is 5.32 Å². The van der Waals surface area contributed by atoms with Crippen molar-refractivity contribution in [2.45, 2.75) is 25.2 Å². The molecule has 1 amide bonds. The van der Waals surface area contributed by atoms with Crippen LogP contribution in [-0.2, 0) is 11.0 Å². The Balaban J connectivity index is 1.69. The van der Waals surface area contributed by atoms with E-state index < -0.39 is 17.6 Å². The van der Waals surface area contributed by atoms with Crippen LogP contribution in [0.15, 0.2) is 35.6 Å². The number of pyridine rings is 1. The molecule has 152 valence electrons. The Labute approximate surface area is 172 Å². The molecule has 3 rings (SSSR count). The van der Waals surface area contributed by atoms with Gasteiger partial charge in [-0.2, -0.15) is 17.9 Å². The zero-order valence-electron chi connectivity index (χ0n) is 15.2. The smallest absolute Gasteiger partial charge is 0.309 e. The van der Waals surface area contributed by atoms with Gasteiger partial charge in [-0.3, -0.25) is 4.79 Å². The Hall–Kier alpha value is -2.66. The average molecular weight is 443 g/mol. The number of carbonyl (C=O) groups excluding carboxylic acids is 1. The quantitative estimate of drug-likeness (QED) is 0.599. The van der Waals surface area contributed by atoms with Crippen molar-refractivity contribution in [3.63, 3.8) is 0 Å². The summed E-state index contributed by atoms with van der Waals surface area (Å²) < 4.78 is 39.5. The number of hydrogen-bond acceptors (Lipinski definition) is 6. The Morgan fingerprint density at radius 1 is 1.28 bits per heavy atom. The molecule has 2 aromatic heterocycles. The van der Waals surface area contributed by atoms with E-state index in [0.717, 1.165) is 28.6 Å². The van der Waals surface area contributed by atoms with Crippen LogP contribution in [0.5, 0.6) is 0 Å². The largest absolute Gasteiger partial charge is 0.417 e. The van der Waals surface area contributed by atoms with E-state index in [1.165, 1.54) is 4.68 Å². The molecule has 0 aliphatic heterocycles. The van der Waals surface area contributed by atoms with Gasteiger partial charge in [0.2, 0.25) is 11.1 Å². The summed E-state index contributed by atoms with van der Waals surface area (Å²) >= 11 is 6.87. The van der Waals surface area contributed by atoms with Crippen molar-refractivity contribution in [2.24, 2.45) is 0 Å². The van der Waals surface area contributed by atoms with E-state index in [9.17, 15) is 18.0 Å². The first-order valence-electron chi connectivity index (χ1n) is 8.17. The van der Waals surface area contributed by atoms with Crippen molar-refractivity contribution in [3.05, 3.63) is 52.2 Å². The van der Waals surface area contributed by atoms with Crippen molar-refractivity contribution in [3.8, 4) is 5.69 Å². The van der Waals surface area contributed by atoms with Gasteiger partial charge in [0, 0.05) is 6.20 Å². The SMILES string of the molecule is Cc1cccc(C)c1-n1nnnc1SCC(=O)Nc1ncc(C(F)(F)F)cc1Cl. The second-order valence-corrected chi connectivity index (χ2v) is 7.35. The molecule has 0 radical (unpaired) electrons. The molecule has 7 nitrogen and oxygen atoms in total.